The molecule has 1 N–H and O–H groups in total. The van der Waals surface area contributed by atoms with E-state index in [0.29, 0.717) is 26.2 Å². The molecule has 0 bridgehead atoms. The number of morpholine rings is 1. The van der Waals surface area contributed by atoms with Crippen molar-refractivity contribution in [2.45, 2.75) is 19.4 Å². The molecule has 1 heterocycles. The molecule has 1 aliphatic rings. The molecule has 26 heavy (non-hydrogen) atoms. The summed E-state index contributed by atoms with van der Waals surface area (Å²) in [7, 11) is 0. The second-order valence-corrected chi connectivity index (χ2v) is 6.68. The third kappa shape index (κ3) is 5.13. The Morgan fingerprint density at radius 2 is 1.77 bits per heavy atom. The number of hydrogen-bond donors (Lipinski definition) is 1. The Balaban J connectivity index is 1.64. The first-order valence-electron chi connectivity index (χ1n) is 9.01. The molecule has 0 spiro atoms. The SMILES string of the molecule is Cc1ccc(CC(=O)NCC(c2ccc(F)cc2)N2CCOCC2)cc1. The van der Waals surface area contributed by atoms with Gasteiger partial charge in [0, 0.05) is 19.6 Å². The van der Waals surface area contributed by atoms with Crippen molar-refractivity contribution in [2.75, 3.05) is 32.8 Å². The number of amides is 1. The average Bonchev–Trinajstić information content (AvgIpc) is 2.66. The van der Waals surface area contributed by atoms with Crippen LogP contribution < -0.4 is 5.32 Å². The lowest BCUT2D eigenvalue weighted by molar-refractivity contribution is -0.120. The minimum atomic E-state index is -0.252. The molecule has 5 heteroatoms. The maximum Gasteiger partial charge on any atom is 0.224 e. The lowest BCUT2D eigenvalue weighted by Gasteiger charge is -2.35. The minimum Gasteiger partial charge on any atom is -0.379 e. The van der Waals surface area contributed by atoms with E-state index in [-0.39, 0.29) is 17.8 Å². The van der Waals surface area contributed by atoms with Crippen molar-refractivity contribution < 1.29 is 13.9 Å². The van der Waals surface area contributed by atoms with Crippen LogP contribution in [0.15, 0.2) is 48.5 Å². The molecule has 1 fully saturated rings. The summed E-state index contributed by atoms with van der Waals surface area (Å²) in [6.07, 6.45) is 0.361. The van der Waals surface area contributed by atoms with Crippen LogP contribution in [0.2, 0.25) is 0 Å². The molecule has 2 aromatic rings. The zero-order valence-electron chi connectivity index (χ0n) is 15.1. The van der Waals surface area contributed by atoms with Crippen molar-refractivity contribution in [3.63, 3.8) is 0 Å². The standard InChI is InChI=1S/C21H25FN2O2/c1-16-2-4-17(5-3-16)14-21(25)23-15-20(24-10-12-26-13-11-24)18-6-8-19(22)9-7-18/h2-9,20H,10-15H2,1H3,(H,23,25). The fourth-order valence-corrected chi connectivity index (χ4v) is 3.20. The van der Waals surface area contributed by atoms with Crippen molar-refractivity contribution in [3.8, 4) is 0 Å². The van der Waals surface area contributed by atoms with Crippen LogP contribution in [0, 0.1) is 12.7 Å². The van der Waals surface area contributed by atoms with E-state index in [2.05, 4.69) is 10.2 Å². The number of carbonyl (C=O) groups is 1. The van der Waals surface area contributed by atoms with Crippen LogP contribution in [-0.4, -0.2) is 43.7 Å². The van der Waals surface area contributed by atoms with Gasteiger partial charge in [-0.1, -0.05) is 42.0 Å². The first-order valence-corrected chi connectivity index (χ1v) is 9.01. The molecule has 0 radical (unpaired) electrons. The average molecular weight is 356 g/mol. The first-order chi connectivity index (χ1) is 12.6. The Hall–Kier alpha value is -2.24. The number of aryl methyl sites for hydroxylation is 1. The Kier molecular flexibility index (Phi) is 6.36. The highest BCUT2D eigenvalue weighted by Gasteiger charge is 2.23. The Labute approximate surface area is 154 Å². The van der Waals surface area contributed by atoms with E-state index >= 15 is 0 Å². The van der Waals surface area contributed by atoms with E-state index in [1.807, 2.05) is 31.2 Å². The summed E-state index contributed by atoms with van der Waals surface area (Å²) in [5.41, 5.74) is 3.18. The molecule has 138 valence electrons. The van der Waals surface area contributed by atoms with Crippen LogP contribution in [0.1, 0.15) is 22.7 Å². The maximum atomic E-state index is 13.3. The summed E-state index contributed by atoms with van der Waals surface area (Å²) >= 11 is 0. The van der Waals surface area contributed by atoms with Gasteiger partial charge in [-0.25, -0.2) is 4.39 Å². The van der Waals surface area contributed by atoms with E-state index in [0.717, 1.165) is 24.2 Å². The predicted molar refractivity (Wildman–Crippen MR) is 99.4 cm³/mol. The smallest absolute Gasteiger partial charge is 0.224 e. The lowest BCUT2D eigenvalue weighted by atomic mass is 10.0. The van der Waals surface area contributed by atoms with Gasteiger partial charge in [0.05, 0.1) is 25.7 Å². The second kappa shape index (κ2) is 8.92. The molecule has 4 nitrogen and oxygen atoms in total. The largest absolute Gasteiger partial charge is 0.379 e. The number of nitrogens with zero attached hydrogens (tertiary/aromatic N) is 1. The molecule has 0 saturated carbocycles. The molecule has 0 aliphatic carbocycles. The van der Waals surface area contributed by atoms with Gasteiger partial charge in [0.1, 0.15) is 5.82 Å². The van der Waals surface area contributed by atoms with Gasteiger partial charge in [0.15, 0.2) is 0 Å². The van der Waals surface area contributed by atoms with Gasteiger partial charge in [-0.15, -0.1) is 0 Å². The van der Waals surface area contributed by atoms with E-state index in [1.165, 1.54) is 17.7 Å². The number of carbonyl (C=O) groups excluding carboxylic acids is 1. The first kappa shape index (κ1) is 18.5. The van der Waals surface area contributed by atoms with Gasteiger partial charge < -0.3 is 10.1 Å². The summed E-state index contributed by atoms with van der Waals surface area (Å²) in [5, 5.41) is 3.04. The number of hydrogen-bond acceptors (Lipinski definition) is 3. The Bertz CT molecular complexity index is 710. The molecular formula is C21H25FN2O2. The highest BCUT2D eigenvalue weighted by molar-refractivity contribution is 5.78. The monoisotopic (exact) mass is 356 g/mol. The molecule has 1 unspecified atom stereocenters. The van der Waals surface area contributed by atoms with Gasteiger partial charge in [0.25, 0.3) is 0 Å². The van der Waals surface area contributed by atoms with Gasteiger partial charge in [0.2, 0.25) is 5.91 Å². The molecule has 3 rings (SSSR count). The third-order valence-corrected chi connectivity index (χ3v) is 4.72. The zero-order valence-corrected chi connectivity index (χ0v) is 15.1. The van der Waals surface area contributed by atoms with Gasteiger partial charge in [-0.2, -0.15) is 0 Å². The summed E-state index contributed by atoms with van der Waals surface area (Å²) in [4.78, 5) is 14.6. The highest BCUT2D eigenvalue weighted by Crippen LogP contribution is 2.21. The normalized spacial score (nSPS) is 16.2. The van der Waals surface area contributed by atoms with Crippen molar-refractivity contribution in [3.05, 3.63) is 71.0 Å². The molecule has 2 aromatic carbocycles. The topological polar surface area (TPSA) is 41.6 Å². The van der Waals surface area contributed by atoms with Crippen LogP contribution in [0.3, 0.4) is 0 Å². The van der Waals surface area contributed by atoms with Crippen molar-refractivity contribution in [2.24, 2.45) is 0 Å². The molecule has 1 amide bonds. The number of nitrogens with one attached hydrogen (secondary N) is 1. The summed E-state index contributed by atoms with van der Waals surface area (Å²) in [5.74, 6) is -0.257. The highest BCUT2D eigenvalue weighted by atomic mass is 19.1. The lowest BCUT2D eigenvalue weighted by Crippen LogP contribution is -2.44. The van der Waals surface area contributed by atoms with E-state index < -0.39 is 0 Å². The zero-order chi connectivity index (χ0) is 18.4. The van der Waals surface area contributed by atoms with Crippen LogP contribution >= 0.6 is 0 Å². The fourth-order valence-electron chi connectivity index (χ4n) is 3.20. The summed E-state index contributed by atoms with van der Waals surface area (Å²) < 4.78 is 18.7. The minimum absolute atomic E-state index is 0.00535. The third-order valence-electron chi connectivity index (χ3n) is 4.72. The van der Waals surface area contributed by atoms with Crippen molar-refractivity contribution >= 4 is 5.91 Å². The number of benzene rings is 2. The van der Waals surface area contributed by atoms with E-state index in [4.69, 9.17) is 4.74 Å². The van der Waals surface area contributed by atoms with Crippen LogP contribution in [-0.2, 0) is 16.0 Å². The summed E-state index contributed by atoms with van der Waals surface area (Å²) in [6, 6.07) is 14.5. The van der Waals surface area contributed by atoms with Crippen LogP contribution in [0.4, 0.5) is 4.39 Å². The van der Waals surface area contributed by atoms with Gasteiger partial charge in [-0.3, -0.25) is 9.69 Å². The number of ether oxygens (including phenoxy) is 1. The fraction of sp³-hybridized carbons (Fsp3) is 0.381. The molecular weight excluding hydrogens is 331 g/mol. The van der Waals surface area contributed by atoms with Crippen LogP contribution in [0.25, 0.3) is 0 Å². The van der Waals surface area contributed by atoms with Crippen LogP contribution in [0.5, 0.6) is 0 Å². The van der Waals surface area contributed by atoms with E-state index in [1.54, 1.807) is 12.1 Å². The summed E-state index contributed by atoms with van der Waals surface area (Å²) in [6.45, 7) is 5.48. The van der Waals surface area contributed by atoms with Gasteiger partial charge in [-0.05, 0) is 30.2 Å². The number of halogens is 1. The Morgan fingerprint density at radius 3 is 2.42 bits per heavy atom. The van der Waals surface area contributed by atoms with E-state index in [9.17, 15) is 9.18 Å². The quantitative estimate of drug-likeness (QED) is 0.865. The predicted octanol–water partition coefficient (Wildman–Crippen LogP) is 2.87. The van der Waals surface area contributed by atoms with Crippen molar-refractivity contribution in [1.82, 2.24) is 10.2 Å². The molecule has 1 saturated heterocycles. The number of rotatable bonds is 6. The Morgan fingerprint density at radius 1 is 1.12 bits per heavy atom. The van der Waals surface area contributed by atoms with Crippen molar-refractivity contribution in [1.29, 1.82) is 0 Å². The molecule has 1 aliphatic heterocycles. The second-order valence-electron chi connectivity index (χ2n) is 6.68. The molecule has 1 atom stereocenters. The maximum absolute atomic E-state index is 13.3. The molecule has 0 aromatic heterocycles. The van der Waals surface area contributed by atoms with Gasteiger partial charge >= 0.3 is 0 Å².